The highest BCUT2D eigenvalue weighted by Gasteiger charge is 2.19. The molecule has 2 rings (SSSR count). The van der Waals surface area contributed by atoms with Crippen molar-refractivity contribution >= 4 is 5.82 Å². The van der Waals surface area contributed by atoms with Gasteiger partial charge in [-0.05, 0) is 30.9 Å². The predicted octanol–water partition coefficient (Wildman–Crippen LogP) is 1.15. The van der Waals surface area contributed by atoms with Crippen molar-refractivity contribution in [2.75, 3.05) is 25.1 Å². The third kappa shape index (κ3) is 3.98. The number of aromatic nitrogens is 1. The summed E-state index contributed by atoms with van der Waals surface area (Å²) in [5.41, 5.74) is 1.23. The molecule has 1 fully saturated rings. The summed E-state index contributed by atoms with van der Waals surface area (Å²) >= 11 is 0. The summed E-state index contributed by atoms with van der Waals surface area (Å²) in [7, 11) is 2.00. The molecular formula is C13H21N3O. The van der Waals surface area contributed by atoms with Crippen LogP contribution in [-0.2, 0) is 6.54 Å². The Kier molecular flexibility index (Phi) is 4.34. The van der Waals surface area contributed by atoms with E-state index < -0.39 is 0 Å². The van der Waals surface area contributed by atoms with Crippen molar-refractivity contribution in [3.8, 4) is 0 Å². The summed E-state index contributed by atoms with van der Waals surface area (Å²) < 4.78 is 0. The minimum Gasteiger partial charge on any atom is -0.396 e. The summed E-state index contributed by atoms with van der Waals surface area (Å²) in [5.74, 6) is 0.966. The Labute approximate surface area is 103 Å². The van der Waals surface area contributed by atoms with Crippen LogP contribution in [0, 0.1) is 0 Å². The first kappa shape index (κ1) is 12.3. The SMILES string of the molecule is CN(CCCO)c1ccc(CNC2CC2)cn1. The van der Waals surface area contributed by atoms with Gasteiger partial charge in [0.25, 0.3) is 0 Å². The predicted molar refractivity (Wildman–Crippen MR) is 69.1 cm³/mol. The number of nitrogens with zero attached hydrogens (tertiary/aromatic N) is 2. The van der Waals surface area contributed by atoms with Crippen molar-refractivity contribution < 1.29 is 5.11 Å². The zero-order valence-electron chi connectivity index (χ0n) is 10.4. The maximum Gasteiger partial charge on any atom is 0.128 e. The number of rotatable bonds is 7. The Bertz CT molecular complexity index is 335. The highest BCUT2D eigenvalue weighted by atomic mass is 16.3. The number of hydrogen-bond donors (Lipinski definition) is 2. The maximum atomic E-state index is 8.78. The largest absolute Gasteiger partial charge is 0.396 e. The average molecular weight is 235 g/mol. The fraction of sp³-hybridized carbons (Fsp3) is 0.615. The first-order valence-electron chi connectivity index (χ1n) is 6.30. The van der Waals surface area contributed by atoms with E-state index in [0.29, 0.717) is 0 Å². The van der Waals surface area contributed by atoms with Gasteiger partial charge in [0.2, 0.25) is 0 Å². The monoisotopic (exact) mass is 235 g/mol. The van der Waals surface area contributed by atoms with Gasteiger partial charge >= 0.3 is 0 Å². The van der Waals surface area contributed by atoms with Crippen LogP contribution in [0.1, 0.15) is 24.8 Å². The standard InChI is InChI=1S/C13H21N3O/c1-16(7-2-8-17)13-6-3-11(10-15-13)9-14-12-4-5-12/h3,6,10,12,14,17H,2,4-5,7-9H2,1H3. The van der Waals surface area contributed by atoms with E-state index in [9.17, 15) is 0 Å². The molecule has 17 heavy (non-hydrogen) atoms. The van der Waals surface area contributed by atoms with Gasteiger partial charge in [0.05, 0.1) is 0 Å². The molecular weight excluding hydrogens is 214 g/mol. The van der Waals surface area contributed by atoms with Crippen molar-refractivity contribution in [1.29, 1.82) is 0 Å². The van der Waals surface area contributed by atoms with E-state index in [4.69, 9.17) is 5.11 Å². The molecule has 0 amide bonds. The molecule has 0 radical (unpaired) electrons. The molecule has 0 aromatic carbocycles. The van der Waals surface area contributed by atoms with Gasteiger partial charge in [-0.1, -0.05) is 6.07 Å². The fourth-order valence-corrected chi connectivity index (χ4v) is 1.72. The van der Waals surface area contributed by atoms with Gasteiger partial charge in [0.15, 0.2) is 0 Å². The summed E-state index contributed by atoms with van der Waals surface area (Å²) in [6.45, 7) is 1.98. The second-order valence-corrected chi connectivity index (χ2v) is 4.68. The van der Waals surface area contributed by atoms with Gasteiger partial charge in [-0.25, -0.2) is 4.98 Å². The van der Waals surface area contributed by atoms with Crippen LogP contribution in [0.3, 0.4) is 0 Å². The van der Waals surface area contributed by atoms with Crippen molar-refractivity contribution in [3.05, 3.63) is 23.9 Å². The van der Waals surface area contributed by atoms with Gasteiger partial charge in [0.1, 0.15) is 5.82 Å². The van der Waals surface area contributed by atoms with Crippen LogP contribution in [0.2, 0.25) is 0 Å². The summed E-state index contributed by atoms with van der Waals surface area (Å²) in [6.07, 6.45) is 5.34. The molecule has 0 bridgehead atoms. The lowest BCUT2D eigenvalue weighted by atomic mass is 10.2. The zero-order valence-corrected chi connectivity index (χ0v) is 10.4. The Morgan fingerprint density at radius 2 is 2.29 bits per heavy atom. The smallest absolute Gasteiger partial charge is 0.128 e. The topological polar surface area (TPSA) is 48.4 Å². The number of anilines is 1. The van der Waals surface area contributed by atoms with Gasteiger partial charge in [-0.3, -0.25) is 0 Å². The van der Waals surface area contributed by atoms with E-state index in [-0.39, 0.29) is 6.61 Å². The van der Waals surface area contributed by atoms with Gasteiger partial charge in [-0.15, -0.1) is 0 Å². The van der Waals surface area contributed by atoms with Gasteiger partial charge < -0.3 is 15.3 Å². The van der Waals surface area contributed by atoms with Gasteiger partial charge in [-0.2, -0.15) is 0 Å². The molecule has 4 nitrogen and oxygen atoms in total. The lowest BCUT2D eigenvalue weighted by molar-refractivity contribution is 0.290. The summed E-state index contributed by atoms with van der Waals surface area (Å²) in [6, 6.07) is 4.90. The quantitative estimate of drug-likeness (QED) is 0.744. The molecule has 1 aromatic heterocycles. The first-order valence-corrected chi connectivity index (χ1v) is 6.30. The molecule has 4 heteroatoms. The second kappa shape index (κ2) is 5.98. The third-order valence-corrected chi connectivity index (χ3v) is 3.02. The van der Waals surface area contributed by atoms with Crippen molar-refractivity contribution in [2.45, 2.75) is 31.8 Å². The molecule has 94 valence electrons. The highest BCUT2D eigenvalue weighted by molar-refractivity contribution is 5.38. The number of hydrogen-bond acceptors (Lipinski definition) is 4. The lowest BCUT2D eigenvalue weighted by Gasteiger charge is -2.17. The lowest BCUT2D eigenvalue weighted by Crippen LogP contribution is -2.21. The molecule has 0 unspecified atom stereocenters. The van der Waals surface area contributed by atoms with Crippen molar-refractivity contribution in [2.24, 2.45) is 0 Å². The molecule has 0 saturated heterocycles. The van der Waals surface area contributed by atoms with Crippen LogP contribution in [0.5, 0.6) is 0 Å². The van der Waals surface area contributed by atoms with E-state index in [1.807, 2.05) is 19.3 Å². The molecule has 1 aliphatic rings. The molecule has 1 aliphatic carbocycles. The molecule has 0 aliphatic heterocycles. The van der Waals surface area contributed by atoms with Crippen LogP contribution in [0.4, 0.5) is 5.82 Å². The average Bonchev–Trinajstić information content (AvgIpc) is 3.18. The number of aliphatic hydroxyl groups excluding tert-OH is 1. The first-order chi connectivity index (χ1) is 8.29. The van der Waals surface area contributed by atoms with E-state index >= 15 is 0 Å². The number of pyridine rings is 1. The Balaban J connectivity index is 1.82. The minimum atomic E-state index is 0.230. The number of aliphatic hydroxyl groups is 1. The minimum absolute atomic E-state index is 0.230. The Hall–Kier alpha value is -1.13. The van der Waals surface area contributed by atoms with E-state index in [0.717, 1.165) is 31.4 Å². The van der Waals surface area contributed by atoms with E-state index in [1.165, 1.54) is 18.4 Å². The fourth-order valence-electron chi connectivity index (χ4n) is 1.72. The van der Waals surface area contributed by atoms with Crippen molar-refractivity contribution in [3.63, 3.8) is 0 Å². The molecule has 0 atom stereocenters. The second-order valence-electron chi connectivity index (χ2n) is 4.68. The van der Waals surface area contributed by atoms with Crippen LogP contribution >= 0.6 is 0 Å². The summed E-state index contributed by atoms with van der Waals surface area (Å²) in [4.78, 5) is 6.50. The number of nitrogens with one attached hydrogen (secondary N) is 1. The van der Waals surface area contributed by atoms with Crippen LogP contribution in [0.25, 0.3) is 0 Å². The molecule has 1 aromatic rings. The zero-order chi connectivity index (χ0) is 12.1. The molecule has 2 N–H and O–H groups in total. The third-order valence-electron chi connectivity index (χ3n) is 3.02. The van der Waals surface area contributed by atoms with Crippen molar-refractivity contribution in [1.82, 2.24) is 10.3 Å². The Morgan fingerprint density at radius 1 is 1.47 bits per heavy atom. The molecule has 1 saturated carbocycles. The maximum absolute atomic E-state index is 8.78. The van der Waals surface area contributed by atoms with Gasteiger partial charge in [0, 0.05) is 39.0 Å². The molecule has 0 spiro atoms. The summed E-state index contributed by atoms with van der Waals surface area (Å²) in [5, 5.41) is 12.2. The van der Waals surface area contributed by atoms with E-state index in [2.05, 4.69) is 21.3 Å². The molecule has 1 heterocycles. The highest BCUT2D eigenvalue weighted by Crippen LogP contribution is 2.19. The van der Waals surface area contributed by atoms with Crippen LogP contribution in [-0.4, -0.2) is 36.3 Å². The van der Waals surface area contributed by atoms with Crippen LogP contribution < -0.4 is 10.2 Å². The van der Waals surface area contributed by atoms with Crippen LogP contribution in [0.15, 0.2) is 18.3 Å². The van der Waals surface area contributed by atoms with E-state index in [1.54, 1.807) is 0 Å². The Morgan fingerprint density at radius 3 is 2.88 bits per heavy atom. The normalized spacial score (nSPS) is 14.9.